The molecule has 108 valence electrons. The number of rotatable bonds is 9. The average molecular weight is 279 g/mol. The third-order valence-electron chi connectivity index (χ3n) is 3.36. The molecule has 1 rings (SSSR count). The standard InChI is InChI=1S/C13H26N2O2.ClH/c1-17-11-10-14-8-9-15-13(16)7-6-12-4-2-3-5-12;/h12,14H,2-11H2,1H3,(H,15,16);1H. The quantitative estimate of drug-likeness (QED) is 0.632. The van der Waals surface area contributed by atoms with E-state index in [1.807, 2.05) is 0 Å². The summed E-state index contributed by atoms with van der Waals surface area (Å²) in [5.41, 5.74) is 0. The zero-order valence-corrected chi connectivity index (χ0v) is 12.2. The molecule has 0 atom stereocenters. The van der Waals surface area contributed by atoms with Crippen LogP contribution in [0.25, 0.3) is 0 Å². The Labute approximate surface area is 117 Å². The number of hydrogen-bond acceptors (Lipinski definition) is 3. The van der Waals surface area contributed by atoms with Gasteiger partial charge in [-0.2, -0.15) is 0 Å². The Hall–Kier alpha value is -0.320. The minimum absolute atomic E-state index is 0. The van der Waals surface area contributed by atoms with Crippen LogP contribution < -0.4 is 10.6 Å². The van der Waals surface area contributed by atoms with Crippen LogP contribution in [0, 0.1) is 5.92 Å². The number of carbonyl (C=O) groups excluding carboxylic acids is 1. The van der Waals surface area contributed by atoms with Crippen molar-refractivity contribution in [1.29, 1.82) is 0 Å². The van der Waals surface area contributed by atoms with Gasteiger partial charge < -0.3 is 15.4 Å². The molecule has 1 aliphatic carbocycles. The minimum Gasteiger partial charge on any atom is -0.383 e. The summed E-state index contributed by atoms with van der Waals surface area (Å²) < 4.78 is 4.92. The maximum absolute atomic E-state index is 11.5. The van der Waals surface area contributed by atoms with E-state index in [0.29, 0.717) is 13.0 Å². The summed E-state index contributed by atoms with van der Waals surface area (Å²) in [7, 11) is 1.69. The van der Waals surface area contributed by atoms with Crippen molar-refractivity contribution >= 4 is 18.3 Å². The van der Waals surface area contributed by atoms with Crippen LogP contribution in [0.15, 0.2) is 0 Å². The van der Waals surface area contributed by atoms with E-state index in [2.05, 4.69) is 10.6 Å². The molecule has 0 spiro atoms. The van der Waals surface area contributed by atoms with Crippen LogP contribution in [-0.4, -0.2) is 39.3 Å². The zero-order chi connectivity index (χ0) is 12.3. The van der Waals surface area contributed by atoms with Crippen molar-refractivity contribution < 1.29 is 9.53 Å². The van der Waals surface area contributed by atoms with Crippen molar-refractivity contribution in [3.8, 4) is 0 Å². The fourth-order valence-corrected chi connectivity index (χ4v) is 2.31. The van der Waals surface area contributed by atoms with Crippen molar-refractivity contribution in [3.05, 3.63) is 0 Å². The summed E-state index contributed by atoms with van der Waals surface area (Å²) in [5.74, 6) is 1.01. The molecule has 1 amide bonds. The highest BCUT2D eigenvalue weighted by molar-refractivity contribution is 5.85. The molecule has 0 unspecified atom stereocenters. The Bertz CT molecular complexity index is 209. The fourth-order valence-electron chi connectivity index (χ4n) is 2.31. The first kappa shape index (κ1) is 17.7. The van der Waals surface area contributed by atoms with Crippen LogP contribution >= 0.6 is 12.4 Å². The van der Waals surface area contributed by atoms with Crippen molar-refractivity contribution in [2.75, 3.05) is 33.4 Å². The van der Waals surface area contributed by atoms with E-state index < -0.39 is 0 Å². The van der Waals surface area contributed by atoms with Crippen LogP contribution in [0.3, 0.4) is 0 Å². The number of halogens is 1. The van der Waals surface area contributed by atoms with Gasteiger partial charge in [0.05, 0.1) is 6.61 Å². The molecule has 5 heteroatoms. The van der Waals surface area contributed by atoms with Gasteiger partial charge in [0.2, 0.25) is 5.91 Å². The molecule has 1 aliphatic rings. The van der Waals surface area contributed by atoms with E-state index in [9.17, 15) is 4.79 Å². The topological polar surface area (TPSA) is 50.4 Å². The second kappa shape index (κ2) is 11.8. The first-order valence-corrected chi connectivity index (χ1v) is 6.79. The molecule has 1 fully saturated rings. The van der Waals surface area contributed by atoms with Crippen molar-refractivity contribution in [2.45, 2.75) is 38.5 Å². The molecule has 0 radical (unpaired) electrons. The Kier molecular flexibility index (Phi) is 11.5. The zero-order valence-electron chi connectivity index (χ0n) is 11.4. The highest BCUT2D eigenvalue weighted by Crippen LogP contribution is 2.28. The van der Waals surface area contributed by atoms with Crippen LogP contribution in [0.4, 0.5) is 0 Å². The third kappa shape index (κ3) is 8.72. The third-order valence-corrected chi connectivity index (χ3v) is 3.36. The molecule has 18 heavy (non-hydrogen) atoms. The molecule has 4 nitrogen and oxygen atoms in total. The van der Waals surface area contributed by atoms with E-state index in [-0.39, 0.29) is 18.3 Å². The molecule has 0 aromatic heterocycles. The first-order valence-electron chi connectivity index (χ1n) is 6.79. The van der Waals surface area contributed by atoms with E-state index in [1.165, 1.54) is 25.7 Å². The van der Waals surface area contributed by atoms with Crippen LogP contribution in [0.1, 0.15) is 38.5 Å². The van der Waals surface area contributed by atoms with E-state index in [0.717, 1.165) is 32.0 Å². The van der Waals surface area contributed by atoms with Crippen molar-refractivity contribution in [1.82, 2.24) is 10.6 Å². The van der Waals surface area contributed by atoms with E-state index in [1.54, 1.807) is 7.11 Å². The summed E-state index contributed by atoms with van der Waals surface area (Å²) in [6.45, 7) is 3.09. The molecule has 1 saturated carbocycles. The first-order chi connectivity index (χ1) is 8.33. The van der Waals surface area contributed by atoms with Gasteiger partial charge in [-0.15, -0.1) is 12.4 Å². The lowest BCUT2D eigenvalue weighted by Gasteiger charge is -2.09. The Balaban J connectivity index is 0.00000289. The van der Waals surface area contributed by atoms with Crippen molar-refractivity contribution in [3.63, 3.8) is 0 Å². The lowest BCUT2D eigenvalue weighted by atomic mass is 10.0. The molecule has 0 aromatic rings. The summed E-state index contributed by atoms with van der Waals surface area (Å²) in [6, 6.07) is 0. The predicted molar refractivity (Wildman–Crippen MR) is 76.2 cm³/mol. The highest BCUT2D eigenvalue weighted by atomic mass is 35.5. The normalized spacial score (nSPS) is 15.4. The molecule has 0 aliphatic heterocycles. The number of nitrogens with one attached hydrogen (secondary N) is 2. The van der Waals surface area contributed by atoms with E-state index in [4.69, 9.17) is 4.74 Å². The number of hydrogen-bond donors (Lipinski definition) is 2. The van der Waals surface area contributed by atoms with E-state index >= 15 is 0 Å². The molecule has 0 bridgehead atoms. The second-order valence-electron chi connectivity index (χ2n) is 4.78. The largest absolute Gasteiger partial charge is 0.383 e. The van der Waals surface area contributed by atoms with Gasteiger partial charge in [0.15, 0.2) is 0 Å². The second-order valence-corrected chi connectivity index (χ2v) is 4.78. The van der Waals surface area contributed by atoms with Gasteiger partial charge in [-0.25, -0.2) is 0 Å². The van der Waals surface area contributed by atoms with Gasteiger partial charge in [-0.1, -0.05) is 25.7 Å². The maximum Gasteiger partial charge on any atom is 0.220 e. The lowest BCUT2D eigenvalue weighted by Crippen LogP contribution is -2.33. The predicted octanol–water partition coefficient (Wildman–Crippen LogP) is 1.73. The minimum atomic E-state index is 0. The number of ether oxygens (including phenoxy) is 1. The number of methoxy groups -OCH3 is 1. The smallest absolute Gasteiger partial charge is 0.220 e. The number of carbonyl (C=O) groups is 1. The molecular weight excluding hydrogens is 252 g/mol. The summed E-state index contributed by atoms with van der Waals surface area (Å²) in [5, 5.41) is 6.14. The Morgan fingerprint density at radius 3 is 2.61 bits per heavy atom. The van der Waals surface area contributed by atoms with Crippen LogP contribution in [-0.2, 0) is 9.53 Å². The monoisotopic (exact) mass is 278 g/mol. The molecule has 0 saturated heterocycles. The average Bonchev–Trinajstić information content (AvgIpc) is 2.84. The maximum atomic E-state index is 11.5. The van der Waals surface area contributed by atoms with Gasteiger partial charge in [0.25, 0.3) is 0 Å². The van der Waals surface area contributed by atoms with Gasteiger partial charge in [0, 0.05) is 33.2 Å². The number of amides is 1. The Morgan fingerprint density at radius 2 is 1.94 bits per heavy atom. The van der Waals surface area contributed by atoms with Crippen LogP contribution in [0.5, 0.6) is 0 Å². The lowest BCUT2D eigenvalue weighted by molar-refractivity contribution is -0.121. The van der Waals surface area contributed by atoms with Crippen molar-refractivity contribution in [2.24, 2.45) is 5.92 Å². The summed E-state index contributed by atoms with van der Waals surface area (Å²) in [6.07, 6.45) is 7.13. The summed E-state index contributed by atoms with van der Waals surface area (Å²) in [4.78, 5) is 11.5. The SMILES string of the molecule is COCCNCCNC(=O)CCC1CCCC1.Cl. The molecule has 2 N–H and O–H groups in total. The Morgan fingerprint density at radius 1 is 1.22 bits per heavy atom. The van der Waals surface area contributed by atoms with Gasteiger partial charge in [0.1, 0.15) is 0 Å². The van der Waals surface area contributed by atoms with Gasteiger partial charge in [-0.05, 0) is 12.3 Å². The fraction of sp³-hybridized carbons (Fsp3) is 0.923. The van der Waals surface area contributed by atoms with Crippen LogP contribution in [0.2, 0.25) is 0 Å². The summed E-state index contributed by atoms with van der Waals surface area (Å²) >= 11 is 0. The highest BCUT2D eigenvalue weighted by Gasteiger charge is 2.15. The van der Waals surface area contributed by atoms with Gasteiger partial charge in [-0.3, -0.25) is 4.79 Å². The molecule has 0 aromatic carbocycles. The van der Waals surface area contributed by atoms with Gasteiger partial charge >= 0.3 is 0 Å². The molecule has 0 heterocycles. The molecular formula is C13H27ClN2O2.